The molecule has 4 rings (SSSR count). The van der Waals surface area contributed by atoms with Gasteiger partial charge in [-0.15, -0.1) is 16.4 Å². The summed E-state index contributed by atoms with van der Waals surface area (Å²) < 4.78 is 2.41. The zero-order valence-corrected chi connectivity index (χ0v) is 18.2. The van der Waals surface area contributed by atoms with Crippen molar-refractivity contribution >= 4 is 50.5 Å². The van der Waals surface area contributed by atoms with E-state index in [1.54, 1.807) is 22.9 Å². The van der Waals surface area contributed by atoms with Gasteiger partial charge in [-0.2, -0.15) is 0 Å². The van der Waals surface area contributed by atoms with Crippen LogP contribution in [0.25, 0.3) is 16.4 Å². The average Bonchev–Trinajstić information content (AvgIpc) is 3.40. The molecule has 2 amide bonds. The largest absolute Gasteiger partial charge is 0.325 e. The molecule has 0 radical (unpaired) electrons. The number of hydrogen-bond acceptors (Lipinski definition) is 5. The Kier molecular flexibility index (Phi) is 5.73. The maximum absolute atomic E-state index is 13.0. The van der Waals surface area contributed by atoms with E-state index in [2.05, 4.69) is 36.6 Å². The molecule has 9 heteroatoms. The molecule has 0 aliphatic carbocycles. The van der Waals surface area contributed by atoms with E-state index in [9.17, 15) is 9.59 Å². The molecule has 0 spiro atoms. The Morgan fingerprint density at radius 1 is 1.00 bits per heavy atom. The number of carbonyl (C=O) groups is 2. The van der Waals surface area contributed by atoms with E-state index >= 15 is 0 Å². The third-order valence-corrected chi connectivity index (χ3v) is 5.45. The highest BCUT2D eigenvalue weighted by atomic mass is 79.9. The van der Waals surface area contributed by atoms with Crippen LogP contribution in [0.2, 0.25) is 0 Å². The smallest absolute Gasteiger partial charge is 0.295 e. The summed E-state index contributed by atoms with van der Waals surface area (Å²) in [7, 11) is 0. The molecule has 2 aromatic heterocycles. The number of nitrogens with zero attached hydrogens (tertiary/aromatic N) is 3. The minimum atomic E-state index is -0.479. The number of nitrogens with one attached hydrogen (secondary N) is 2. The summed E-state index contributed by atoms with van der Waals surface area (Å²) in [5, 5.41) is 11.9. The van der Waals surface area contributed by atoms with Gasteiger partial charge in [0.15, 0.2) is 5.82 Å². The fourth-order valence-corrected chi connectivity index (χ4v) is 3.88. The number of para-hydroxylation sites is 1. The molecule has 30 heavy (non-hydrogen) atoms. The molecule has 150 valence electrons. The highest BCUT2D eigenvalue weighted by molar-refractivity contribution is 9.10. The molecule has 4 aromatic rings. The molecule has 0 aliphatic heterocycles. The SMILES string of the molecule is CC(=O)Nc1ccc(Br)cc1NC(=O)c1nc(-c2cccs2)n(-c2ccccc2)n1. The first kappa shape index (κ1) is 20.0. The van der Waals surface area contributed by atoms with Crippen molar-refractivity contribution in [2.24, 2.45) is 0 Å². The predicted molar refractivity (Wildman–Crippen MR) is 121 cm³/mol. The Balaban J connectivity index is 1.71. The second kappa shape index (κ2) is 8.60. The van der Waals surface area contributed by atoms with Crippen LogP contribution >= 0.6 is 27.3 Å². The van der Waals surface area contributed by atoms with E-state index in [4.69, 9.17) is 0 Å². The molecule has 0 fully saturated rings. The van der Waals surface area contributed by atoms with Gasteiger partial charge in [0.25, 0.3) is 5.91 Å². The molecule has 0 saturated carbocycles. The Labute approximate surface area is 184 Å². The number of thiophene rings is 1. The van der Waals surface area contributed by atoms with Gasteiger partial charge in [-0.3, -0.25) is 9.59 Å². The Morgan fingerprint density at radius 3 is 2.50 bits per heavy atom. The normalized spacial score (nSPS) is 10.6. The number of amides is 2. The van der Waals surface area contributed by atoms with E-state index in [1.807, 2.05) is 47.8 Å². The molecule has 0 atom stereocenters. The number of anilines is 2. The molecule has 0 bridgehead atoms. The molecule has 2 heterocycles. The third-order valence-electron chi connectivity index (χ3n) is 4.09. The van der Waals surface area contributed by atoms with Crippen LogP contribution in [0.3, 0.4) is 0 Å². The number of hydrogen-bond donors (Lipinski definition) is 2. The zero-order chi connectivity index (χ0) is 21.1. The minimum absolute atomic E-state index is 0.0241. The van der Waals surface area contributed by atoms with E-state index in [0.29, 0.717) is 17.2 Å². The van der Waals surface area contributed by atoms with Crippen LogP contribution in [0.4, 0.5) is 11.4 Å². The van der Waals surface area contributed by atoms with E-state index < -0.39 is 5.91 Å². The van der Waals surface area contributed by atoms with Crippen molar-refractivity contribution in [3.05, 3.63) is 76.3 Å². The molecule has 0 aliphatic rings. The fraction of sp³-hybridized carbons (Fsp3) is 0.0476. The first-order chi connectivity index (χ1) is 14.5. The van der Waals surface area contributed by atoms with Crippen LogP contribution in [0.15, 0.2) is 70.5 Å². The number of carbonyl (C=O) groups excluding carboxylic acids is 2. The zero-order valence-electron chi connectivity index (χ0n) is 15.8. The highest BCUT2D eigenvalue weighted by Crippen LogP contribution is 2.28. The van der Waals surface area contributed by atoms with Gasteiger partial charge < -0.3 is 10.6 Å². The molecule has 0 saturated heterocycles. The van der Waals surface area contributed by atoms with Crippen molar-refractivity contribution in [2.45, 2.75) is 6.92 Å². The van der Waals surface area contributed by atoms with Crippen LogP contribution in [0, 0.1) is 0 Å². The van der Waals surface area contributed by atoms with Crippen LogP contribution in [-0.4, -0.2) is 26.6 Å². The monoisotopic (exact) mass is 481 g/mol. The summed E-state index contributed by atoms with van der Waals surface area (Å²) in [6.45, 7) is 1.41. The number of aromatic nitrogens is 3. The van der Waals surface area contributed by atoms with Gasteiger partial charge in [-0.1, -0.05) is 40.2 Å². The van der Waals surface area contributed by atoms with Gasteiger partial charge in [0, 0.05) is 11.4 Å². The third kappa shape index (κ3) is 4.32. The number of halogens is 1. The molecule has 7 nitrogen and oxygen atoms in total. The number of benzene rings is 2. The summed E-state index contributed by atoms with van der Waals surface area (Å²) in [6, 6.07) is 18.5. The average molecular weight is 482 g/mol. The van der Waals surface area contributed by atoms with E-state index in [0.717, 1.165) is 15.0 Å². The predicted octanol–water partition coefficient (Wildman–Crippen LogP) is 4.97. The van der Waals surface area contributed by atoms with Crippen molar-refractivity contribution < 1.29 is 9.59 Å². The number of rotatable bonds is 5. The van der Waals surface area contributed by atoms with Crippen molar-refractivity contribution in [1.82, 2.24) is 14.8 Å². The van der Waals surface area contributed by atoms with Crippen molar-refractivity contribution in [2.75, 3.05) is 10.6 Å². The summed E-state index contributed by atoms with van der Waals surface area (Å²) in [5.41, 5.74) is 1.73. The van der Waals surface area contributed by atoms with Gasteiger partial charge >= 0.3 is 0 Å². The minimum Gasteiger partial charge on any atom is -0.325 e. The van der Waals surface area contributed by atoms with Crippen LogP contribution in [0.1, 0.15) is 17.5 Å². The Hall–Kier alpha value is -3.30. The fourth-order valence-electron chi connectivity index (χ4n) is 2.82. The quantitative estimate of drug-likeness (QED) is 0.421. The molecule has 2 aromatic carbocycles. The second-order valence-corrected chi connectivity index (χ2v) is 8.17. The lowest BCUT2D eigenvalue weighted by molar-refractivity contribution is -0.114. The van der Waals surface area contributed by atoms with Gasteiger partial charge in [-0.05, 0) is 41.8 Å². The maximum atomic E-state index is 13.0. The van der Waals surface area contributed by atoms with Gasteiger partial charge in [0.2, 0.25) is 11.7 Å². The standard InChI is InChI=1S/C21H16BrN5O2S/c1-13(28)23-16-10-9-14(22)12-17(16)24-21(29)19-25-20(18-8-5-11-30-18)27(26-19)15-6-3-2-4-7-15/h2-12H,1H3,(H,23,28)(H,24,29). The van der Waals surface area contributed by atoms with Crippen molar-refractivity contribution in [3.8, 4) is 16.4 Å². The highest BCUT2D eigenvalue weighted by Gasteiger charge is 2.20. The Bertz CT molecular complexity index is 1210. The van der Waals surface area contributed by atoms with Crippen molar-refractivity contribution in [1.29, 1.82) is 0 Å². The maximum Gasteiger partial charge on any atom is 0.295 e. The van der Waals surface area contributed by atoms with Gasteiger partial charge in [0.1, 0.15) is 0 Å². The molecular formula is C21H16BrN5O2S. The van der Waals surface area contributed by atoms with Crippen LogP contribution in [0.5, 0.6) is 0 Å². The Morgan fingerprint density at radius 2 is 1.80 bits per heavy atom. The first-order valence-electron chi connectivity index (χ1n) is 8.96. The molecular weight excluding hydrogens is 466 g/mol. The van der Waals surface area contributed by atoms with Crippen molar-refractivity contribution in [3.63, 3.8) is 0 Å². The van der Waals surface area contributed by atoms with Crippen LogP contribution < -0.4 is 10.6 Å². The molecule has 0 unspecified atom stereocenters. The topological polar surface area (TPSA) is 88.9 Å². The first-order valence-corrected chi connectivity index (χ1v) is 10.6. The van der Waals surface area contributed by atoms with Crippen LogP contribution in [-0.2, 0) is 4.79 Å². The van der Waals surface area contributed by atoms with Gasteiger partial charge in [-0.25, -0.2) is 9.67 Å². The summed E-state index contributed by atoms with van der Waals surface area (Å²) in [4.78, 5) is 29.8. The lowest BCUT2D eigenvalue weighted by atomic mass is 10.2. The van der Waals surface area contributed by atoms with Gasteiger partial charge in [0.05, 0.1) is 21.9 Å². The van der Waals surface area contributed by atoms with E-state index in [1.165, 1.54) is 18.3 Å². The lowest BCUT2D eigenvalue weighted by Gasteiger charge is -2.11. The van der Waals surface area contributed by atoms with E-state index in [-0.39, 0.29) is 11.7 Å². The lowest BCUT2D eigenvalue weighted by Crippen LogP contribution is -2.16. The summed E-state index contributed by atoms with van der Waals surface area (Å²) in [5.74, 6) is -0.111. The summed E-state index contributed by atoms with van der Waals surface area (Å²) in [6.07, 6.45) is 0. The second-order valence-electron chi connectivity index (χ2n) is 6.31. The molecule has 2 N–H and O–H groups in total. The summed E-state index contributed by atoms with van der Waals surface area (Å²) >= 11 is 4.90.